The van der Waals surface area contributed by atoms with Crippen molar-refractivity contribution in [3.63, 3.8) is 0 Å². The number of β-amino-alcohol motifs (C(OH)–C–C–N with tert-alkyl or cyclic N) is 1. The monoisotopic (exact) mass is 601 g/mol. The summed E-state index contributed by atoms with van der Waals surface area (Å²) in [5.41, 5.74) is 0.898. The average Bonchev–Trinajstić information content (AvgIpc) is 3.67. The summed E-state index contributed by atoms with van der Waals surface area (Å²) in [4.78, 5) is 21.2. The number of hydrogen-bond donors (Lipinski definition) is 3. The topological polar surface area (TPSA) is 102 Å². The van der Waals surface area contributed by atoms with Gasteiger partial charge in [-0.1, -0.05) is 5.21 Å². The van der Waals surface area contributed by atoms with Gasteiger partial charge in [-0.15, -0.1) is 5.10 Å². The van der Waals surface area contributed by atoms with Crippen LogP contribution in [0.5, 0.6) is 0 Å². The Hall–Kier alpha value is -2.34. The molecule has 3 fully saturated rings. The Kier molecular flexibility index (Phi) is 7.06. The van der Waals surface area contributed by atoms with E-state index in [1.165, 1.54) is 0 Å². The number of aliphatic hydroxyl groups is 1. The van der Waals surface area contributed by atoms with Gasteiger partial charge in [0.05, 0.1) is 27.3 Å². The van der Waals surface area contributed by atoms with E-state index < -0.39 is 5.60 Å². The summed E-state index contributed by atoms with van der Waals surface area (Å²) in [6.07, 6.45) is 6.77. The van der Waals surface area contributed by atoms with Gasteiger partial charge in [0, 0.05) is 62.8 Å². The van der Waals surface area contributed by atoms with E-state index in [0.717, 1.165) is 70.5 Å². The number of nitrogens with one attached hydrogen (secondary N) is 2. The SMILES string of the molecule is CC(C)(O)CN1CCN(CCc2cn(C3CC4CCC3(NC(=O)c3cc5c(F)c(Br)ccc5[nH]3)C4)nn2)CC1. The lowest BCUT2D eigenvalue weighted by atomic mass is 9.88. The number of halogens is 2. The second kappa shape index (κ2) is 10.2. The molecule has 39 heavy (non-hydrogen) atoms. The Bertz CT molecular complexity index is 1360. The zero-order chi connectivity index (χ0) is 27.4. The fourth-order valence-electron chi connectivity index (χ4n) is 6.91. The molecule has 2 aromatic heterocycles. The Morgan fingerprint density at radius 1 is 1.28 bits per heavy atom. The number of benzene rings is 1. The van der Waals surface area contributed by atoms with Gasteiger partial charge in [0.25, 0.3) is 5.91 Å². The minimum absolute atomic E-state index is 0.0575. The smallest absolute Gasteiger partial charge is 0.268 e. The maximum absolute atomic E-state index is 14.5. The van der Waals surface area contributed by atoms with E-state index in [2.05, 4.69) is 52.5 Å². The lowest BCUT2D eigenvalue weighted by Gasteiger charge is -2.37. The third-order valence-corrected chi connectivity index (χ3v) is 9.39. The largest absolute Gasteiger partial charge is 0.389 e. The number of carbonyl (C=O) groups is 1. The van der Waals surface area contributed by atoms with Gasteiger partial charge in [0.15, 0.2) is 0 Å². The van der Waals surface area contributed by atoms with Crippen LogP contribution in [0.25, 0.3) is 10.9 Å². The van der Waals surface area contributed by atoms with Crippen LogP contribution in [0.4, 0.5) is 4.39 Å². The molecule has 3 aliphatic rings. The van der Waals surface area contributed by atoms with Crippen molar-refractivity contribution < 1.29 is 14.3 Å². The zero-order valence-corrected chi connectivity index (χ0v) is 24.2. The quantitative estimate of drug-likeness (QED) is 0.365. The molecular formula is C28H37BrFN7O2. The third kappa shape index (κ3) is 5.51. The first-order valence-corrected chi connectivity index (χ1v) is 14.7. The maximum Gasteiger partial charge on any atom is 0.268 e. The first-order valence-electron chi connectivity index (χ1n) is 14.0. The van der Waals surface area contributed by atoms with Crippen LogP contribution >= 0.6 is 15.9 Å². The van der Waals surface area contributed by atoms with Crippen LogP contribution in [0.1, 0.15) is 61.8 Å². The summed E-state index contributed by atoms with van der Waals surface area (Å²) >= 11 is 3.22. The summed E-state index contributed by atoms with van der Waals surface area (Å²) < 4.78 is 16.9. The van der Waals surface area contributed by atoms with E-state index in [9.17, 15) is 14.3 Å². The molecule has 3 atom stereocenters. The molecule has 11 heteroatoms. The lowest BCUT2D eigenvalue weighted by Crippen LogP contribution is -2.51. The molecule has 9 nitrogen and oxygen atoms in total. The van der Waals surface area contributed by atoms with E-state index in [1.807, 2.05) is 18.5 Å². The van der Waals surface area contributed by atoms with Gasteiger partial charge in [0.2, 0.25) is 0 Å². The number of fused-ring (bicyclic) bond motifs is 3. The van der Waals surface area contributed by atoms with Crippen LogP contribution in [0.15, 0.2) is 28.9 Å². The standard InChI is InChI=1S/C28H37BrFN7O2/c1-27(2,39)17-36-11-9-35(10-12-36)8-6-19-16-37(34-33-19)24-13-18-5-7-28(24,15-18)32-26(38)23-14-20-22(31-23)4-3-21(29)25(20)30/h3-4,14,16,18,24,31,39H,5-13,15,17H2,1-2H3,(H,32,38). The Balaban J connectivity index is 1.09. The summed E-state index contributed by atoms with van der Waals surface area (Å²) in [5.74, 6) is -0.0237. The molecule has 3 unspecified atom stereocenters. The van der Waals surface area contributed by atoms with Gasteiger partial charge in [-0.2, -0.15) is 0 Å². The van der Waals surface area contributed by atoms with Crippen molar-refractivity contribution in [2.24, 2.45) is 5.92 Å². The van der Waals surface area contributed by atoms with Crippen LogP contribution in [0, 0.1) is 11.7 Å². The van der Waals surface area contributed by atoms with Gasteiger partial charge in [-0.25, -0.2) is 9.07 Å². The zero-order valence-electron chi connectivity index (χ0n) is 22.6. The maximum atomic E-state index is 14.5. The van der Waals surface area contributed by atoms with Crippen LogP contribution in [0.3, 0.4) is 0 Å². The Labute approximate surface area is 236 Å². The fourth-order valence-corrected chi connectivity index (χ4v) is 7.26. The lowest BCUT2D eigenvalue weighted by molar-refractivity contribution is 0.0179. The van der Waals surface area contributed by atoms with Gasteiger partial charge < -0.3 is 20.3 Å². The Morgan fingerprint density at radius 2 is 2.05 bits per heavy atom. The predicted octanol–water partition coefficient (Wildman–Crippen LogP) is 3.51. The first-order chi connectivity index (χ1) is 18.6. The highest BCUT2D eigenvalue weighted by Gasteiger charge is 2.54. The van der Waals surface area contributed by atoms with E-state index in [0.29, 0.717) is 33.5 Å². The third-order valence-electron chi connectivity index (χ3n) is 8.78. The summed E-state index contributed by atoms with van der Waals surface area (Å²) in [5, 5.41) is 22.8. The molecule has 2 saturated carbocycles. The number of nitrogens with zero attached hydrogens (tertiary/aromatic N) is 5. The average molecular weight is 603 g/mol. The predicted molar refractivity (Wildman–Crippen MR) is 150 cm³/mol. The molecule has 1 saturated heterocycles. The van der Waals surface area contributed by atoms with Gasteiger partial charge in [-0.05, 0) is 79.6 Å². The van der Waals surface area contributed by atoms with Gasteiger partial charge >= 0.3 is 0 Å². The van der Waals surface area contributed by atoms with Crippen molar-refractivity contribution in [1.82, 2.24) is 35.1 Å². The van der Waals surface area contributed by atoms with Crippen LogP contribution in [-0.4, -0.2) is 91.2 Å². The highest BCUT2D eigenvalue weighted by atomic mass is 79.9. The molecule has 2 bridgehead atoms. The second-order valence-corrected chi connectivity index (χ2v) is 13.2. The molecule has 1 amide bonds. The molecule has 6 rings (SSSR count). The van der Waals surface area contributed by atoms with E-state index in [-0.39, 0.29) is 23.3 Å². The molecule has 2 aliphatic carbocycles. The number of aromatic nitrogens is 4. The van der Waals surface area contributed by atoms with Crippen molar-refractivity contribution >= 4 is 32.7 Å². The summed E-state index contributed by atoms with van der Waals surface area (Å²) in [6.45, 7) is 9.23. The minimum atomic E-state index is -0.665. The molecule has 1 aromatic carbocycles. The van der Waals surface area contributed by atoms with Gasteiger partial charge in [0.1, 0.15) is 11.5 Å². The molecule has 3 aromatic rings. The number of hydrogen-bond acceptors (Lipinski definition) is 6. The van der Waals surface area contributed by atoms with Crippen LogP contribution < -0.4 is 5.32 Å². The fraction of sp³-hybridized carbons (Fsp3) is 0.607. The second-order valence-electron chi connectivity index (χ2n) is 12.3. The Morgan fingerprint density at radius 3 is 2.79 bits per heavy atom. The van der Waals surface area contributed by atoms with Crippen molar-refractivity contribution in [1.29, 1.82) is 0 Å². The summed E-state index contributed by atoms with van der Waals surface area (Å²) in [7, 11) is 0. The van der Waals surface area contributed by atoms with Crippen molar-refractivity contribution in [2.75, 3.05) is 39.3 Å². The van der Waals surface area contributed by atoms with Crippen molar-refractivity contribution in [3.8, 4) is 0 Å². The van der Waals surface area contributed by atoms with Gasteiger partial charge in [-0.3, -0.25) is 9.69 Å². The molecule has 3 heterocycles. The number of amides is 1. The molecule has 3 N–H and O–H groups in total. The molecular weight excluding hydrogens is 565 g/mol. The number of carbonyl (C=O) groups excluding carboxylic acids is 1. The van der Waals surface area contributed by atoms with E-state index in [4.69, 9.17) is 0 Å². The van der Waals surface area contributed by atoms with Crippen LogP contribution in [0.2, 0.25) is 0 Å². The van der Waals surface area contributed by atoms with E-state index in [1.54, 1.807) is 18.2 Å². The highest BCUT2D eigenvalue weighted by molar-refractivity contribution is 9.10. The van der Waals surface area contributed by atoms with Crippen LogP contribution in [-0.2, 0) is 6.42 Å². The number of rotatable bonds is 8. The normalized spacial score (nSPS) is 26.1. The minimum Gasteiger partial charge on any atom is -0.389 e. The molecule has 210 valence electrons. The number of H-pyrrole nitrogens is 1. The molecule has 1 aliphatic heterocycles. The van der Waals surface area contributed by atoms with Crippen molar-refractivity contribution in [2.45, 2.75) is 63.1 Å². The molecule has 0 spiro atoms. The first kappa shape index (κ1) is 26.9. The highest BCUT2D eigenvalue weighted by Crippen LogP contribution is 2.53. The number of aromatic amines is 1. The number of piperazine rings is 1. The summed E-state index contributed by atoms with van der Waals surface area (Å²) in [6, 6.07) is 5.06. The van der Waals surface area contributed by atoms with E-state index >= 15 is 0 Å². The van der Waals surface area contributed by atoms with Crippen molar-refractivity contribution in [3.05, 3.63) is 46.1 Å². The molecule has 0 radical (unpaired) electrons.